The average Bonchev–Trinajstić information content (AvgIpc) is 3.40. The molecule has 1 spiro atoms. The van der Waals surface area contributed by atoms with Crippen LogP contribution in [0.2, 0.25) is 5.02 Å². The molecule has 2 aliphatic carbocycles. The molecule has 8 rings (SSSR count). The summed E-state index contributed by atoms with van der Waals surface area (Å²) in [6, 6.07) is 12.0. The van der Waals surface area contributed by atoms with E-state index in [9.17, 15) is 9.00 Å². The number of benzene rings is 2. The van der Waals surface area contributed by atoms with Crippen LogP contribution in [-0.2, 0) is 38.8 Å². The van der Waals surface area contributed by atoms with E-state index in [1.807, 2.05) is 39.0 Å². The number of methoxy groups -OCH3 is 1. The van der Waals surface area contributed by atoms with Crippen molar-refractivity contribution >= 4 is 34.2 Å². The second-order valence-corrected chi connectivity index (χ2v) is 18.2. The number of carbonyl (C=O) groups excluding carboxylic acids is 1. The largest absolute Gasteiger partial charge is 0.490 e. The van der Waals surface area contributed by atoms with Gasteiger partial charge in [-0.1, -0.05) is 36.7 Å². The van der Waals surface area contributed by atoms with Crippen LogP contribution >= 0.6 is 11.6 Å². The van der Waals surface area contributed by atoms with Gasteiger partial charge in [-0.25, -0.2) is 9.19 Å². The van der Waals surface area contributed by atoms with E-state index in [1.165, 1.54) is 11.1 Å². The van der Waals surface area contributed by atoms with Crippen molar-refractivity contribution in [1.29, 1.82) is 0 Å². The number of nitrogens with one attached hydrogen (secondary N) is 1. The molecule has 10 nitrogen and oxygen atoms in total. The highest BCUT2D eigenvalue weighted by molar-refractivity contribution is 7.84. The monoisotopic (exact) mass is 792 g/mol. The van der Waals surface area contributed by atoms with Crippen molar-refractivity contribution in [2.24, 2.45) is 17.8 Å². The molecule has 1 saturated carbocycles. The van der Waals surface area contributed by atoms with Crippen molar-refractivity contribution in [3.8, 4) is 5.75 Å². The fraction of sp³-hybridized carbons (Fsp3) is 0.581. The van der Waals surface area contributed by atoms with Crippen LogP contribution in [-0.4, -0.2) is 84.5 Å². The van der Waals surface area contributed by atoms with Crippen molar-refractivity contribution in [3.63, 3.8) is 0 Å². The minimum absolute atomic E-state index is 0.0508. The Morgan fingerprint density at radius 2 is 1.93 bits per heavy atom. The van der Waals surface area contributed by atoms with Gasteiger partial charge in [-0.05, 0) is 112 Å². The van der Waals surface area contributed by atoms with Gasteiger partial charge in [0.05, 0.1) is 42.6 Å². The minimum atomic E-state index is -1.50. The number of ether oxygens (including phenoxy) is 3. The van der Waals surface area contributed by atoms with Crippen LogP contribution in [0.1, 0.15) is 84.8 Å². The van der Waals surface area contributed by atoms with Gasteiger partial charge in [-0.2, -0.15) is 0 Å². The first-order valence-electron chi connectivity index (χ1n) is 20.0. The first-order valence-corrected chi connectivity index (χ1v) is 21.6. The molecule has 3 aliphatic heterocycles. The normalized spacial score (nSPS) is 30.4. The van der Waals surface area contributed by atoms with Crippen molar-refractivity contribution in [2.45, 2.75) is 89.5 Å². The zero-order chi connectivity index (χ0) is 38.7. The maximum Gasteiger partial charge on any atom is 0.263 e. The zero-order valence-corrected chi connectivity index (χ0v) is 34.6. The van der Waals surface area contributed by atoms with Crippen LogP contribution in [0.15, 0.2) is 53.0 Å². The smallest absolute Gasteiger partial charge is 0.263 e. The first-order chi connectivity index (χ1) is 26.5. The standard InChI is InChI=1S/C33H41ClN2O4S.C10H16N2O2/c1-21-6-4-8-30(39-3)27-12-9-25(27)18-36-19-33(15-5-7-23-16-26(34)11-13-28(23)33)20-40-31-14-10-24(17-29(31)36)32(37)35-41(38)22(21)2;1-8-10(11-9(2)14-8)7-12-3-5-13-6-4-12/h4,8,10-11,13-14,16-17,21-22,25,27,30H,5-7,9,12,15,18-20H2,1-3H3,(H,35,37);3-7H2,1-2H3/b8-4+;/t21?,22?,25?,27?,30?,33-,41?;/m0./s1. The van der Waals surface area contributed by atoms with Gasteiger partial charge in [0.1, 0.15) is 22.5 Å². The molecule has 6 unspecified atom stereocenters. The van der Waals surface area contributed by atoms with E-state index in [2.05, 4.69) is 50.7 Å². The molecular weight excluding hydrogens is 736 g/mol. The zero-order valence-electron chi connectivity index (χ0n) is 33.0. The van der Waals surface area contributed by atoms with E-state index < -0.39 is 11.0 Å². The van der Waals surface area contributed by atoms with E-state index in [4.69, 9.17) is 30.2 Å². The van der Waals surface area contributed by atoms with Crippen LogP contribution in [0, 0.1) is 31.6 Å². The van der Waals surface area contributed by atoms with E-state index in [1.54, 1.807) is 13.2 Å². The number of anilines is 1. The number of hydrogen-bond acceptors (Lipinski definition) is 9. The fourth-order valence-corrected chi connectivity index (χ4v) is 10.2. The average molecular weight is 793 g/mol. The summed E-state index contributed by atoms with van der Waals surface area (Å²) in [4.78, 5) is 22.5. The predicted molar refractivity (Wildman–Crippen MR) is 217 cm³/mol. The van der Waals surface area contributed by atoms with Gasteiger partial charge in [-0.15, -0.1) is 0 Å². The van der Waals surface area contributed by atoms with Crippen molar-refractivity contribution < 1.29 is 27.6 Å². The summed E-state index contributed by atoms with van der Waals surface area (Å²) in [7, 11) is 0.305. The molecule has 1 N–H and O–H groups in total. The molecule has 55 heavy (non-hydrogen) atoms. The van der Waals surface area contributed by atoms with Crippen LogP contribution in [0.3, 0.4) is 0 Å². The number of hydrogen-bond donors (Lipinski definition) is 1. The lowest BCUT2D eigenvalue weighted by Crippen LogP contribution is -2.49. The number of nitrogens with zero attached hydrogens (tertiary/aromatic N) is 3. The summed E-state index contributed by atoms with van der Waals surface area (Å²) in [5.41, 5.74) is 4.96. The molecule has 3 aromatic rings. The Bertz CT molecular complexity index is 1880. The maximum absolute atomic E-state index is 13.3. The summed E-state index contributed by atoms with van der Waals surface area (Å²) in [5, 5.41) is 0.589. The Morgan fingerprint density at radius 1 is 1.11 bits per heavy atom. The molecule has 12 heteroatoms. The number of rotatable bonds is 3. The molecule has 0 radical (unpaired) electrons. The Kier molecular flexibility index (Phi) is 12.7. The Labute approximate surface area is 333 Å². The van der Waals surface area contributed by atoms with Gasteiger partial charge in [0.25, 0.3) is 5.91 Å². The number of amides is 1. The summed E-state index contributed by atoms with van der Waals surface area (Å²) in [5.74, 6) is 3.22. The lowest BCUT2D eigenvalue weighted by Gasteiger charge is -2.46. The minimum Gasteiger partial charge on any atom is -0.490 e. The highest BCUT2D eigenvalue weighted by atomic mass is 35.5. The van der Waals surface area contributed by atoms with Crippen LogP contribution in [0.4, 0.5) is 5.69 Å². The summed E-state index contributed by atoms with van der Waals surface area (Å²) >= 11 is 6.41. The second kappa shape index (κ2) is 17.5. The maximum atomic E-state index is 13.3. The molecule has 7 atom stereocenters. The van der Waals surface area contributed by atoms with Crippen LogP contribution in [0.5, 0.6) is 5.75 Å². The predicted octanol–water partition coefficient (Wildman–Crippen LogP) is 7.36. The van der Waals surface area contributed by atoms with Gasteiger partial charge in [-0.3, -0.25) is 14.4 Å². The van der Waals surface area contributed by atoms with Gasteiger partial charge < -0.3 is 23.5 Å². The lowest BCUT2D eigenvalue weighted by atomic mass is 9.68. The molecule has 4 heterocycles. The third kappa shape index (κ3) is 9.01. The SMILES string of the molecule is COC1/C=C/CC(C)C(C)S(=O)NC(=O)c2ccc3c(c2)N(CC2CCC21)C[C@@]1(CCCc2cc(Cl)ccc21)CO3.Cc1nc(CN2CCOCC2)c(C)o1. The molecule has 1 saturated heterocycles. The van der Waals surface area contributed by atoms with Gasteiger partial charge in [0.15, 0.2) is 5.89 Å². The Balaban J connectivity index is 0.000000278. The molecule has 1 amide bonds. The highest BCUT2D eigenvalue weighted by Crippen LogP contribution is 2.47. The number of oxazole rings is 1. The second-order valence-electron chi connectivity index (χ2n) is 16.2. The van der Waals surface area contributed by atoms with Gasteiger partial charge in [0.2, 0.25) is 0 Å². The number of morpholine rings is 1. The van der Waals surface area contributed by atoms with Crippen LogP contribution < -0.4 is 14.4 Å². The molecule has 5 aliphatic rings. The third-order valence-electron chi connectivity index (χ3n) is 12.6. The topological polar surface area (TPSA) is 106 Å². The summed E-state index contributed by atoms with van der Waals surface area (Å²) < 4.78 is 39.2. The number of carbonyl (C=O) groups is 1. The van der Waals surface area contributed by atoms with Crippen molar-refractivity contribution in [2.75, 3.05) is 58.0 Å². The van der Waals surface area contributed by atoms with Gasteiger partial charge in [0, 0.05) is 62.8 Å². The number of allylic oxidation sites excluding steroid dienone is 1. The molecule has 2 fully saturated rings. The first kappa shape index (κ1) is 40.0. The van der Waals surface area contributed by atoms with Crippen molar-refractivity contribution in [3.05, 3.63) is 87.6 Å². The molecule has 2 aromatic carbocycles. The Hall–Kier alpha value is -3.22. The third-order valence-corrected chi connectivity index (χ3v) is 14.3. The van der Waals surface area contributed by atoms with E-state index in [-0.39, 0.29) is 28.6 Å². The fourth-order valence-electron chi connectivity index (χ4n) is 8.95. The molecule has 1 aromatic heterocycles. The highest BCUT2D eigenvalue weighted by Gasteiger charge is 2.44. The number of halogens is 1. The van der Waals surface area contributed by atoms with E-state index in [0.717, 1.165) is 118 Å². The Morgan fingerprint density at radius 3 is 2.65 bits per heavy atom. The summed E-state index contributed by atoms with van der Waals surface area (Å²) in [6.07, 6.45) is 10.6. The molecular formula is C43H57ClN4O6S. The molecule has 298 valence electrons. The number of aromatic nitrogens is 1. The number of aryl methyl sites for hydroxylation is 3. The quantitative estimate of drug-likeness (QED) is 0.273. The molecule has 2 bridgehead atoms. The van der Waals surface area contributed by atoms with Crippen molar-refractivity contribution in [1.82, 2.24) is 14.6 Å². The van der Waals surface area contributed by atoms with E-state index in [0.29, 0.717) is 24.0 Å². The summed E-state index contributed by atoms with van der Waals surface area (Å²) in [6.45, 7) is 14.6. The van der Waals surface area contributed by atoms with E-state index >= 15 is 0 Å². The lowest BCUT2D eigenvalue weighted by molar-refractivity contribution is 0.0131. The number of fused-ring (bicyclic) bond motifs is 4. The van der Waals surface area contributed by atoms with Gasteiger partial charge >= 0.3 is 0 Å². The van der Waals surface area contributed by atoms with Crippen LogP contribution in [0.25, 0.3) is 0 Å².